The standard InChI is InChI=1S/C25H37BrF2N2O5SSi/c1-23(2,3)20(35-9-10-37(4,5)6)30(22(33)34)21-29-24(13-27,16-11-15(26)7-8-18(16)28)19-17(12-31)25(19,14-32)36-21/h7-8,11,17,19-20,31-32H,9-10,12-14H2,1-6H3,(H,33,34)/t17?,19-,20?,24+,25-/m0/s1. The molecule has 2 unspecified atom stereocenters. The molecule has 3 N–H and O–H groups in total. The molecule has 5 atom stereocenters. The van der Waals surface area contributed by atoms with Crippen LogP contribution in [0.15, 0.2) is 27.7 Å². The van der Waals surface area contributed by atoms with Crippen molar-refractivity contribution in [2.45, 2.75) is 63.0 Å². The minimum Gasteiger partial charge on any atom is -0.465 e. The molecule has 12 heteroatoms. The number of halogens is 3. The first-order valence-electron chi connectivity index (χ1n) is 12.2. The number of nitrogens with zero attached hydrogens (tertiary/aromatic N) is 2. The van der Waals surface area contributed by atoms with Crippen LogP contribution in [-0.2, 0) is 10.3 Å². The molecular weight excluding hydrogens is 586 g/mol. The molecular formula is C25H37BrF2N2O5SSi. The van der Waals surface area contributed by atoms with Gasteiger partial charge in [-0.25, -0.2) is 23.5 Å². The Morgan fingerprint density at radius 1 is 1.32 bits per heavy atom. The molecule has 1 amide bonds. The van der Waals surface area contributed by atoms with E-state index in [0.717, 1.165) is 22.7 Å². The second-order valence-corrected chi connectivity index (χ2v) is 20.0. The number of thioether (sulfide) groups is 1. The molecule has 1 aliphatic heterocycles. The van der Waals surface area contributed by atoms with Crippen LogP contribution in [0, 0.1) is 23.1 Å². The summed E-state index contributed by atoms with van der Waals surface area (Å²) in [5.41, 5.74) is -2.58. The average molecular weight is 624 g/mol. The number of amides is 1. The van der Waals surface area contributed by atoms with Gasteiger partial charge in [-0.3, -0.25) is 0 Å². The van der Waals surface area contributed by atoms with Crippen molar-refractivity contribution in [3.63, 3.8) is 0 Å². The first-order valence-corrected chi connectivity index (χ1v) is 17.6. The van der Waals surface area contributed by atoms with Gasteiger partial charge in [0.2, 0.25) is 0 Å². The van der Waals surface area contributed by atoms with E-state index in [2.05, 4.69) is 40.6 Å². The van der Waals surface area contributed by atoms with Crippen LogP contribution in [0.25, 0.3) is 0 Å². The van der Waals surface area contributed by atoms with Gasteiger partial charge in [-0.05, 0) is 24.2 Å². The number of hydrogen-bond acceptors (Lipinski definition) is 6. The van der Waals surface area contributed by atoms with E-state index in [-0.39, 0.29) is 17.3 Å². The maximum atomic E-state index is 15.2. The van der Waals surface area contributed by atoms with Crippen LogP contribution in [0.5, 0.6) is 0 Å². The van der Waals surface area contributed by atoms with Gasteiger partial charge < -0.3 is 20.1 Å². The SMILES string of the molecule is CC(C)(C)C(OCC[Si](C)(C)C)N(C(=O)O)C1=N[C@](CF)(c2cc(Br)ccc2F)[C@@H]2C(CO)[C@]2(CO)S1. The smallest absolute Gasteiger partial charge is 0.415 e. The van der Waals surface area contributed by atoms with Crippen LogP contribution in [0.4, 0.5) is 13.6 Å². The van der Waals surface area contributed by atoms with Crippen LogP contribution in [0.1, 0.15) is 26.3 Å². The number of amidine groups is 1. The number of aliphatic imine (C=N–C) groups is 1. The molecule has 37 heavy (non-hydrogen) atoms. The number of aliphatic hydroxyl groups excluding tert-OH is 2. The quantitative estimate of drug-likeness (QED) is 0.247. The van der Waals surface area contributed by atoms with E-state index in [0.29, 0.717) is 11.1 Å². The molecule has 0 spiro atoms. The summed E-state index contributed by atoms with van der Waals surface area (Å²) in [7, 11) is -1.49. The Morgan fingerprint density at radius 3 is 2.46 bits per heavy atom. The molecule has 0 aromatic heterocycles. The second-order valence-electron chi connectivity index (χ2n) is 12.1. The van der Waals surface area contributed by atoms with Crippen LogP contribution < -0.4 is 0 Å². The fourth-order valence-electron chi connectivity index (χ4n) is 5.13. The number of ether oxygens (including phenoxy) is 1. The highest BCUT2D eigenvalue weighted by molar-refractivity contribution is 9.10. The summed E-state index contributed by atoms with van der Waals surface area (Å²) in [5.74, 6) is -2.06. The normalized spacial score (nSPS) is 28.4. The number of aliphatic hydroxyl groups is 2. The van der Waals surface area contributed by atoms with Gasteiger partial charge in [0.15, 0.2) is 5.17 Å². The summed E-state index contributed by atoms with van der Waals surface area (Å²) in [6.07, 6.45) is -2.33. The van der Waals surface area contributed by atoms with E-state index < -0.39 is 67.0 Å². The van der Waals surface area contributed by atoms with E-state index in [1.165, 1.54) is 18.2 Å². The molecule has 7 nitrogen and oxygen atoms in total. The molecule has 208 valence electrons. The van der Waals surface area contributed by atoms with E-state index in [1.807, 2.05) is 20.8 Å². The summed E-state index contributed by atoms with van der Waals surface area (Å²) < 4.78 is 35.9. The van der Waals surface area contributed by atoms with Gasteiger partial charge in [0, 0.05) is 48.6 Å². The lowest BCUT2D eigenvalue weighted by molar-refractivity contribution is -0.0762. The molecule has 1 saturated carbocycles. The Labute approximate surface area is 230 Å². The zero-order valence-electron chi connectivity index (χ0n) is 22.1. The van der Waals surface area contributed by atoms with Gasteiger partial charge in [0.25, 0.3) is 0 Å². The summed E-state index contributed by atoms with van der Waals surface area (Å²) in [4.78, 5) is 18.3. The predicted octanol–water partition coefficient (Wildman–Crippen LogP) is 5.53. The third kappa shape index (κ3) is 5.79. The monoisotopic (exact) mass is 622 g/mol. The Bertz CT molecular complexity index is 1050. The number of fused-ring (bicyclic) bond motifs is 1. The number of carbonyl (C=O) groups is 1. The van der Waals surface area contributed by atoms with Crippen LogP contribution in [-0.4, -0.2) is 77.0 Å². The van der Waals surface area contributed by atoms with Crippen molar-refractivity contribution in [2.24, 2.45) is 22.2 Å². The number of benzene rings is 1. The Hall–Kier alpha value is -1.05. The van der Waals surface area contributed by atoms with Gasteiger partial charge in [0.05, 0.1) is 11.4 Å². The lowest BCUT2D eigenvalue weighted by Crippen LogP contribution is -2.54. The molecule has 1 fully saturated rings. The van der Waals surface area contributed by atoms with E-state index >= 15 is 8.78 Å². The summed E-state index contributed by atoms with van der Waals surface area (Å²) in [6, 6.07) is 4.91. The van der Waals surface area contributed by atoms with Gasteiger partial charge >= 0.3 is 6.09 Å². The third-order valence-electron chi connectivity index (χ3n) is 7.10. The van der Waals surface area contributed by atoms with E-state index in [4.69, 9.17) is 4.74 Å². The summed E-state index contributed by atoms with van der Waals surface area (Å²) in [5, 5.41) is 30.9. The van der Waals surface area contributed by atoms with Gasteiger partial charge in [-0.15, -0.1) is 0 Å². The minimum absolute atomic E-state index is 0.0572. The van der Waals surface area contributed by atoms with Crippen molar-refractivity contribution in [1.82, 2.24) is 4.90 Å². The number of rotatable bonds is 9. The third-order valence-corrected chi connectivity index (χ3v) is 10.8. The largest absolute Gasteiger partial charge is 0.465 e. The molecule has 3 rings (SSSR count). The van der Waals surface area contributed by atoms with Crippen molar-refractivity contribution in [3.05, 3.63) is 34.1 Å². The highest BCUT2D eigenvalue weighted by Gasteiger charge is 2.76. The molecule has 0 saturated heterocycles. The highest BCUT2D eigenvalue weighted by Crippen LogP contribution is 2.70. The number of carboxylic acid groups (broad SMARTS) is 1. The van der Waals surface area contributed by atoms with Crippen molar-refractivity contribution in [2.75, 3.05) is 26.5 Å². The van der Waals surface area contributed by atoms with Crippen LogP contribution in [0.2, 0.25) is 25.7 Å². The van der Waals surface area contributed by atoms with Gasteiger partial charge in [0.1, 0.15) is 24.3 Å². The lowest BCUT2D eigenvalue weighted by atomic mass is 9.84. The number of hydrogen-bond donors (Lipinski definition) is 3. The van der Waals surface area contributed by atoms with Crippen molar-refractivity contribution in [3.8, 4) is 0 Å². The van der Waals surface area contributed by atoms with Crippen molar-refractivity contribution >= 4 is 47.0 Å². The predicted molar refractivity (Wildman–Crippen MR) is 148 cm³/mol. The van der Waals surface area contributed by atoms with Crippen LogP contribution in [0.3, 0.4) is 0 Å². The zero-order chi connectivity index (χ0) is 28.0. The molecule has 0 bridgehead atoms. The minimum atomic E-state index is -1.83. The second kappa shape index (κ2) is 10.8. The molecule has 0 radical (unpaired) electrons. The Kier molecular flexibility index (Phi) is 8.93. The fourth-order valence-corrected chi connectivity index (χ4v) is 7.88. The van der Waals surface area contributed by atoms with Crippen molar-refractivity contribution in [1.29, 1.82) is 0 Å². The van der Waals surface area contributed by atoms with Crippen LogP contribution >= 0.6 is 27.7 Å². The average Bonchev–Trinajstić information content (AvgIpc) is 3.46. The summed E-state index contributed by atoms with van der Waals surface area (Å²) in [6.45, 7) is 10.4. The van der Waals surface area contributed by atoms with Gasteiger partial charge in [-0.2, -0.15) is 0 Å². The molecule has 1 heterocycles. The van der Waals surface area contributed by atoms with E-state index in [1.54, 1.807) is 0 Å². The molecule has 1 aromatic carbocycles. The van der Waals surface area contributed by atoms with Gasteiger partial charge in [-0.1, -0.05) is 68.1 Å². The highest BCUT2D eigenvalue weighted by atomic mass is 79.9. The Balaban J connectivity index is 2.19. The molecule has 1 aliphatic carbocycles. The molecule has 1 aromatic rings. The fraction of sp³-hybridized carbons (Fsp3) is 0.680. The first-order chi connectivity index (χ1) is 17.1. The lowest BCUT2D eigenvalue weighted by Gasteiger charge is -2.42. The number of alkyl halides is 1. The first kappa shape index (κ1) is 30.5. The maximum absolute atomic E-state index is 15.2. The molecule has 2 aliphatic rings. The Morgan fingerprint density at radius 2 is 1.97 bits per heavy atom. The zero-order valence-corrected chi connectivity index (χ0v) is 25.5. The summed E-state index contributed by atoms with van der Waals surface area (Å²) >= 11 is 4.31. The maximum Gasteiger partial charge on any atom is 0.415 e. The topological polar surface area (TPSA) is 103 Å². The van der Waals surface area contributed by atoms with Crippen molar-refractivity contribution < 1.29 is 33.6 Å². The van der Waals surface area contributed by atoms with E-state index in [9.17, 15) is 20.1 Å².